The second kappa shape index (κ2) is 8.00. The lowest BCUT2D eigenvalue weighted by atomic mass is 10.2. The van der Waals surface area contributed by atoms with Gasteiger partial charge in [0.1, 0.15) is 6.04 Å². The Hall–Kier alpha value is -2.20. The molecule has 2 heterocycles. The van der Waals surface area contributed by atoms with Crippen LogP contribution in [0, 0.1) is 0 Å². The third kappa shape index (κ3) is 4.31. The summed E-state index contributed by atoms with van der Waals surface area (Å²) < 4.78 is 0. The van der Waals surface area contributed by atoms with Crippen molar-refractivity contribution >= 4 is 57.8 Å². The number of fused-ring (bicyclic) bond motifs is 3. The molecular weight excluding hydrogens is 376 g/mol. The second-order valence-electron chi connectivity index (χ2n) is 5.76. The number of thioether (sulfide) groups is 2. The molecule has 0 saturated carbocycles. The molecule has 0 aliphatic carbocycles. The normalized spacial score (nSPS) is 15.7. The average molecular weight is 394 g/mol. The number of hydrogen-bond acceptors (Lipinski definition) is 7. The van der Waals surface area contributed by atoms with Crippen LogP contribution >= 0.6 is 23.5 Å². The molecule has 1 aromatic rings. The Balaban J connectivity index is 1.51. The van der Waals surface area contributed by atoms with Gasteiger partial charge in [0.05, 0.1) is 18.0 Å². The van der Waals surface area contributed by atoms with Crippen molar-refractivity contribution in [3.63, 3.8) is 0 Å². The van der Waals surface area contributed by atoms with Crippen molar-refractivity contribution in [1.29, 1.82) is 0 Å². The smallest absolute Gasteiger partial charge is 0.327 e. The molecular formula is C16H18N4O4S2. The highest BCUT2D eigenvalue weighted by molar-refractivity contribution is 8.14. The van der Waals surface area contributed by atoms with E-state index in [9.17, 15) is 14.4 Å². The number of hydrogen-bond donors (Lipinski definition) is 3. The zero-order chi connectivity index (χ0) is 18.7. The van der Waals surface area contributed by atoms with Crippen LogP contribution in [0.1, 0.15) is 6.92 Å². The van der Waals surface area contributed by atoms with Gasteiger partial charge in [0.15, 0.2) is 5.17 Å². The summed E-state index contributed by atoms with van der Waals surface area (Å²) in [5, 5.41) is 15.2. The van der Waals surface area contributed by atoms with Gasteiger partial charge in [0.2, 0.25) is 11.8 Å². The molecule has 0 unspecified atom stereocenters. The van der Waals surface area contributed by atoms with Crippen molar-refractivity contribution in [3.8, 4) is 0 Å². The summed E-state index contributed by atoms with van der Waals surface area (Å²) in [4.78, 5) is 41.8. The predicted molar refractivity (Wildman–Crippen MR) is 103 cm³/mol. The maximum absolute atomic E-state index is 12.1. The van der Waals surface area contributed by atoms with Crippen LogP contribution in [0.4, 0.5) is 11.4 Å². The van der Waals surface area contributed by atoms with Gasteiger partial charge in [-0.05, 0) is 30.0 Å². The Bertz CT molecular complexity index is 784. The zero-order valence-electron chi connectivity index (χ0n) is 14.0. The molecule has 0 spiro atoms. The number of aliphatic carboxylic acids is 1. The van der Waals surface area contributed by atoms with Crippen LogP contribution in [-0.2, 0) is 14.4 Å². The van der Waals surface area contributed by atoms with E-state index >= 15 is 0 Å². The molecule has 3 N–H and O–H groups in total. The number of rotatable bonds is 7. The highest BCUT2D eigenvalue weighted by atomic mass is 32.2. The van der Waals surface area contributed by atoms with Gasteiger partial charge in [-0.25, -0.2) is 4.79 Å². The molecule has 26 heavy (non-hydrogen) atoms. The molecule has 0 aromatic heterocycles. The molecule has 0 fully saturated rings. The minimum Gasteiger partial charge on any atom is -0.480 e. The number of nitrogens with one attached hydrogen (secondary N) is 2. The summed E-state index contributed by atoms with van der Waals surface area (Å²) in [6.45, 7) is 2.90. The minimum absolute atomic E-state index is 0.103. The maximum atomic E-state index is 12.1. The molecule has 2 amide bonds. The lowest BCUT2D eigenvalue weighted by Crippen LogP contribution is -2.41. The first-order valence-corrected chi connectivity index (χ1v) is 9.92. The van der Waals surface area contributed by atoms with Crippen LogP contribution in [0.3, 0.4) is 0 Å². The fraction of sp³-hybridized carbons (Fsp3) is 0.375. The van der Waals surface area contributed by atoms with Crippen LogP contribution in [0.5, 0.6) is 0 Å². The number of benzene rings is 1. The van der Waals surface area contributed by atoms with E-state index < -0.39 is 17.9 Å². The van der Waals surface area contributed by atoms with Gasteiger partial charge in [-0.2, -0.15) is 0 Å². The standard InChI is InChI=1S/C16H18N4O4S2/c1-9(21)18-11(15(23)24)7-25-8-14(22)19-10-2-3-13-12(6-10)20-5-4-17-16(20)26-13/h2-3,6,11H,4-5,7-8H2,1H3,(H,18,21)(H,19,22)(H,23,24)/t11-/m1/s1. The van der Waals surface area contributed by atoms with E-state index in [0.29, 0.717) is 5.69 Å². The van der Waals surface area contributed by atoms with Gasteiger partial charge in [0.25, 0.3) is 0 Å². The van der Waals surface area contributed by atoms with Crippen molar-refractivity contribution in [2.45, 2.75) is 17.9 Å². The summed E-state index contributed by atoms with van der Waals surface area (Å²) in [7, 11) is 0. The van der Waals surface area contributed by atoms with Gasteiger partial charge in [-0.3, -0.25) is 14.6 Å². The molecule has 0 bridgehead atoms. The highest BCUT2D eigenvalue weighted by Crippen LogP contribution is 2.43. The molecule has 0 saturated heterocycles. The monoisotopic (exact) mass is 394 g/mol. The lowest BCUT2D eigenvalue weighted by molar-refractivity contribution is -0.140. The maximum Gasteiger partial charge on any atom is 0.327 e. The van der Waals surface area contributed by atoms with Gasteiger partial charge >= 0.3 is 5.97 Å². The first kappa shape index (κ1) is 18.6. The first-order valence-electron chi connectivity index (χ1n) is 7.95. The second-order valence-corrected chi connectivity index (χ2v) is 7.79. The number of anilines is 2. The number of amidine groups is 1. The number of carbonyl (C=O) groups excluding carboxylic acids is 2. The Morgan fingerprint density at radius 2 is 2.23 bits per heavy atom. The van der Waals surface area contributed by atoms with E-state index in [-0.39, 0.29) is 17.4 Å². The molecule has 2 aliphatic heterocycles. The molecule has 3 rings (SSSR count). The molecule has 1 atom stereocenters. The molecule has 2 aliphatic rings. The summed E-state index contributed by atoms with van der Waals surface area (Å²) in [5.41, 5.74) is 1.74. The quantitative estimate of drug-likeness (QED) is 0.638. The summed E-state index contributed by atoms with van der Waals surface area (Å²) in [5.74, 6) is -1.53. The van der Waals surface area contributed by atoms with Crippen LogP contribution < -0.4 is 15.5 Å². The molecule has 8 nitrogen and oxygen atoms in total. The Morgan fingerprint density at radius 1 is 1.42 bits per heavy atom. The van der Waals surface area contributed by atoms with Crippen molar-refractivity contribution in [2.75, 3.05) is 34.8 Å². The van der Waals surface area contributed by atoms with E-state index in [0.717, 1.165) is 40.6 Å². The van der Waals surface area contributed by atoms with Crippen LogP contribution in [0.15, 0.2) is 28.1 Å². The van der Waals surface area contributed by atoms with Gasteiger partial charge in [-0.1, -0.05) is 0 Å². The third-order valence-corrected chi connectivity index (χ3v) is 5.86. The van der Waals surface area contributed by atoms with E-state index in [1.54, 1.807) is 11.8 Å². The summed E-state index contributed by atoms with van der Waals surface area (Å²) in [6, 6.07) is 4.72. The van der Waals surface area contributed by atoms with Crippen LogP contribution in [-0.4, -0.2) is 58.7 Å². The van der Waals surface area contributed by atoms with Crippen LogP contribution in [0.25, 0.3) is 0 Å². The summed E-state index contributed by atoms with van der Waals surface area (Å²) in [6.07, 6.45) is 0. The number of carboxylic acid groups (broad SMARTS) is 1. The number of carbonyl (C=O) groups is 3. The van der Waals surface area contributed by atoms with E-state index in [1.807, 2.05) is 18.2 Å². The van der Waals surface area contributed by atoms with Gasteiger partial charge in [0, 0.05) is 29.8 Å². The zero-order valence-corrected chi connectivity index (χ0v) is 15.7. The van der Waals surface area contributed by atoms with E-state index in [1.165, 1.54) is 6.92 Å². The number of amides is 2. The Morgan fingerprint density at radius 3 is 2.96 bits per heavy atom. The van der Waals surface area contributed by atoms with Crippen molar-refractivity contribution < 1.29 is 19.5 Å². The fourth-order valence-corrected chi connectivity index (χ4v) is 4.51. The van der Waals surface area contributed by atoms with Crippen molar-refractivity contribution in [2.24, 2.45) is 4.99 Å². The number of aliphatic imine (C=N–C) groups is 1. The average Bonchev–Trinajstić information content (AvgIpc) is 3.14. The third-order valence-electron chi connectivity index (χ3n) is 3.73. The van der Waals surface area contributed by atoms with Gasteiger partial charge in [-0.15, -0.1) is 11.8 Å². The predicted octanol–water partition coefficient (Wildman–Crippen LogP) is 1.23. The topological polar surface area (TPSA) is 111 Å². The molecule has 1 aromatic carbocycles. The Kier molecular flexibility index (Phi) is 5.72. The van der Waals surface area contributed by atoms with Gasteiger partial charge < -0.3 is 20.6 Å². The lowest BCUT2D eigenvalue weighted by Gasteiger charge is -2.14. The molecule has 10 heteroatoms. The summed E-state index contributed by atoms with van der Waals surface area (Å²) >= 11 is 2.79. The number of carboxylic acids is 1. The fourth-order valence-electron chi connectivity index (χ4n) is 2.61. The largest absolute Gasteiger partial charge is 0.480 e. The Labute approximate surface area is 158 Å². The molecule has 138 valence electrons. The molecule has 0 radical (unpaired) electrons. The first-order chi connectivity index (χ1) is 12.4. The number of nitrogens with zero attached hydrogens (tertiary/aromatic N) is 2. The van der Waals surface area contributed by atoms with E-state index in [2.05, 4.69) is 20.5 Å². The SMILES string of the molecule is CC(=O)N[C@H](CSCC(=O)Nc1ccc2c(c1)N1CCN=C1S2)C(=O)O. The minimum atomic E-state index is -1.12. The van der Waals surface area contributed by atoms with Crippen molar-refractivity contribution in [1.82, 2.24) is 5.32 Å². The highest BCUT2D eigenvalue weighted by Gasteiger charge is 2.29. The van der Waals surface area contributed by atoms with E-state index in [4.69, 9.17) is 5.11 Å². The van der Waals surface area contributed by atoms with Crippen molar-refractivity contribution in [3.05, 3.63) is 18.2 Å². The van der Waals surface area contributed by atoms with Crippen LogP contribution in [0.2, 0.25) is 0 Å².